The van der Waals surface area contributed by atoms with Gasteiger partial charge in [-0.2, -0.15) is 4.31 Å². The first kappa shape index (κ1) is 23.8. The fourth-order valence-electron chi connectivity index (χ4n) is 4.95. The van der Waals surface area contributed by atoms with E-state index in [0.29, 0.717) is 25.1 Å². The Bertz CT molecular complexity index is 1080. The molecule has 178 valence electrons. The van der Waals surface area contributed by atoms with Crippen LogP contribution in [0.5, 0.6) is 5.75 Å². The lowest BCUT2D eigenvalue weighted by Gasteiger charge is -2.32. The van der Waals surface area contributed by atoms with Gasteiger partial charge in [-0.1, -0.05) is 25.1 Å². The third-order valence-corrected chi connectivity index (χ3v) is 8.83. The van der Waals surface area contributed by atoms with E-state index < -0.39 is 10.0 Å². The van der Waals surface area contributed by atoms with Crippen LogP contribution >= 0.6 is 0 Å². The van der Waals surface area contributed by atoms with Gasteiger partial charge < -0.3 is 10.1 Å². The highest BCUT2D eigenvalue weighted by molar-refractivity contribution is 7.89. The van der Waals surface area contributed by atoms with Crippen LogP contribution in [0.25, 0.3) is 0 Å². The van der Waals surface area contributed by atoms with Crippen molar-refractivity contribution in [3.63, 3.8) is 0 Å². The van der Waals surface area contributed by atoms with Gasteiger partial charge in [0, 0.05) is 13.1 Å². The molecule has 0 aromatic heterocycles. The largest absolute Gasteiger partial charge is 0.497 e. The van der Waals surface area contributed by atoms with E-state index in [-0.39, 0.29) is 29.3 Å². The Morgan fingerprint density at radius 2 is 1.82 bits per heavy atom. The Kier molecular flexibility index (Phi) is 7.39. The van der Waals surface area contributed by atoms with Crippen molar-refractivity contribution in [2.75, 3.05) is 20.2 Å². The Balaban J connectivity index is 1.44. The number of aryl methyl sites for hydroxylation is 2. The molecule has 1 aliphatic carbocycles. The second-order valence-electron chi connectivity index (χ2n) is 9.08. The predicted molar refractivity (Wildman–Crippen MR) is 129 cm³/mol. The molecule has 2 atom stereocenters. The Morgan fingerprint density at radius 3 is 2.52 bits per heavy atom. The van der Waals surface area contributed by atoms with E-state index >= 15 is 0 Å². The number of hydrogen-bond donors (Lipinski definition) is 1. The molecular formula is C26H34N2O4S. The number of hydrogen-bond acceptors (Lipinski definition) is 4. The van der Waals surface area contributed by atoms with E-state index in [9.17, 15) is 13.2 Å². The average molecular weight is 471 g/mol. The van der Waals surface area contributed by atoms with Crippen molar-refractivity contribution in [1.82, 2.24) is 9.62 Å². The van der Waals surface area contributed by atoms with Gasteiger partial charge in [-0.3, -0.25) is 4.79 Å². The first-order valence-electron chi connectivity index (χ1n) is 12.0. The van der Waals surface area contributed by atoms with Crippen LogP contribution < -0.4 is 10.1 Å². The second kappa shape index (κ2) is 10.3. The van der Waals surface area contributed by atoms with E-state index in [2.05, 4.69) is 30.4 Å². The van der Waals surface area contributed by atoms with Crippen LogP contribution in [-0.4, -0.2) is 38.8 Å². The molecule has 2 aromatic carbocycles. The van der Waals surface area contributed by atoms with Crippen LogP contribution in [0.3, 0.4) is 0 Å². The van der Waals surface area contributed by atoms with E-state index in [1.165, 1.54) is 28.3 Å². The molecule has 0 spiro atoms. The molecule has 0 saturated carbocycles. The Hall–Kier alpha value is -2.38. The maximum absolute atomic E-state index is 13.2. The minimum absolute atomic E-state index is 0.0571. The van der Waals surface area contributed by atoms with Crippen molar-refractivity contribution < 1.29 is 17.9 Å². The summed E-state index contributed by atoms with van der Waals surface area (Å²) < 4.78 is 32.9. The van der Waals surface area contributed by atoms with Crippen molar-refractivity contribution in [3.8, 4) is 5.75 Å². The maximum atomic E-state index is 13.2. The Labute approximate surface area is 197 Å². The summed E-state index contributed by atoms with van der Waals surface area (Å²) >= 11 is 0. The molecule has 0 bridgehead atoms. The highest BCUT2D eigenvalue weighted by Gasteiger charge is 2.34. The molecule has 7 heteroatoms. The molecule has 2 unspecified atom stereocenters. The number of methoxy groups -OCH3 is 1. The number of nitrogens with one attached hydrogen (secondary N) is 1. The summed E-state index contributed by atoms with van der Waals surface area (Å²) in [5.74, 6) is 0.199. The number of nitrogens with zero attached hydrogens (tertiary/aromatic N) is 1. The fraction of sp³-hybridized carbons (Fsp3) is 0.500. The number of carbonyl (C=O) groups is 1. The third kappa shape index (κ3) is 5.25. The number of ether oxygens (including phenoxy) is 1. The number of carbonyl (C=O) groups excluding carboxylic acids is 1. The van der Waals surface area contributed by atoms with Crippen molar-refractivity contribution in [1.29, 1.82) is 0 Å². The zero-order chi connectivity index (χ0) is 23.4. The smallest absolute Gasteiger partial charge is 0.243 e. The maximum Gasteiger partial charge on any atom is 0.243 e. The van der Waals surface area contributed by atoms with Gasteiger partial charge in [0.2, 0.25) is 15.9 Å². The molecule has 1 saturated heterocycles. The average Bonchev–Trinajstić information content (AvgIpc) is 2.87. The molecule has 33 heavy (non-hydrogen) atoms. The summed E-state index contributed by atoms with van der Waals surface area (Å²) in [7, 11) is -2.11. The van der Waals surface area contributed by atoms with Crippen LogP contribution in [0, 0.1) is 5.92 Å². The quantitative estimate of drug-likeness (QED) is 0.657. The van der Waals surface area contributed by atoms with Crippen LogP contribution in [-0.2, 0) is 27.7 Å². The fourth-order valence-corrected chi connectivity index (χ4v) is 6.48. The minimum atomic E-state index is -3.65. The molecule has 6 nitrogen and oxygen atoms in total. The van der Waals surface area contributed by atoms with Crippen molar-refractivity contribution in [3.05, 3.63) is 59.2 Å². The van der Waals surface area contributed by atoms with Gasteiger partial charge in [0.15, 0.2) is 0 Å². The summed E-state index contributed by atoms with van der Waals surface area (Å²) in [5, 5.41) is 3.21. The summed E-state index contributed by atoms with van der Waals surface area (Å²) in [6.45, 7) is 2.71. The second-order valence-corrected chi connectivity index (χ2v) is 11.0. The van der Waals surface area contributed by atoms with Crippen molar-refractivity contribution in [2.45, 2.75) is 62.8 Å². The van der Waals surface area contributed by atoms with Crippen molar-refractivity contribution in [2.24, 2.45) is 5.92 Å². The molecule has 1 amide bonds. The van der Waals surface area contributed by atoms with Gasteiger partial charge >= 0.3 is 0 Å². The van der Waals surface area contributed by atoms with Crippen LogP contribution in [0.1, 0.15) is 61.8 Å². The van der Waals surface area contributed by atoms with Crippen molar-refractivity contribution >= 4 is 15.9 Å². The number of fused-ring (bicyclic) bond motifs is 1. The molecule has 1 heterocycles. The first-order chi connectivity index (χ1) is 15.9. The molecule has 1 N–H and O–H groups in total. The first-order valence-corrected chi connectivity index (χ1v) is 13.4. The summed E-state index contributed by atoms with van der Waals surface area (Å²) in [5.41, 5.74) is 3.98. The van der Waals surface area contributed by atoms with Gasteiger partial charge in [0.05, 0.1) is 24.0 Å². The van der Waals surface area contributed by atoms with Crippen LogP contribution in [0.2, 0.25) is 0 Å². The molecule has 1 fully saturated rings. The summed E-state index contributed by atoms with van der Waals surface area (Å²) in [6, 6.07) is 12.9. The SMILES string of the molecule is CCC(NC(=O)C1CCCN(S(=O)(=O)c2ccc(OC)cc2)C1)c1ccc2c(c1)CCCC2. The molecule has 2 aromatic rings. The lowest BCUT2D eigenvalue weighted by atomic mass is 9.88. The van der Waals surface area contributed by atoms with Crippen LogP contribution in [0.4, 0.5) is 0 Å². The summed E-state index contributed by atoms with van der Waals surface area (Å²) in [6.07, 6.45) is 6.88. The number of amides is 1. The highest BCUT2D eigenvalue weighted by atomic mass is 32.2. The van der Waals surface area contributed by atoms with Crippen LogP contribution in [0.15, 0.2) is 47.4 Å². The standard InChI is InChI=1S/C26H34N2O4S/c1-3-25(21-11-10-19-7-4-5-8-20(19)17-21)27-26(29)22-9-6-16-28(18-22)33(30,31)24-14-12-23(32-2)13-15-24/h10-15,17,22,25H,3-9,16,18H2,1-2H3,(H,27,29). The van der Waals surface area contributed by atoms with E-state index in [0.717, 1.165) is 24.8 Å². The van der Waals surface area contributed by atoms with Gasteiger partial charge in [-0.05, 0) is 85.9 Å². The minimum Gasteiger partial charge on any atom is -0.497 e. The van der Waals surface area contributed by atoms with Gasteiger partial charge in [0.1, 0.15) is 5.75 Å². The zero-order valence-corrected chi connectivity index (χ0v) is 20.4. The van der Waals surface area contributed by atoms with Gasteiger partial charge in [0.25, 0.3) is 0 Å². The molecule has 2 aliphatic rings. The van der Waals surface area contributed by atoms with E-state index in [4.69, 9.17) is 4.74 Å². The number of rotatable bonds is 7. The van der Waals surface area contributed by atoms with Gasteiger partial charge in [-0.25, -0.2) is 8.42 Å². The van der Waals surface area contributed by atoms with E-state index in [1.54, 1.807) is 31.4 Å². The molecule has 1 aliphatic heterocycles. The topological polar surface area (TPSA) is 75.7 Å². The third-order valence-electron chi connectivity index (χ3n) is 6.95. The zero-order valence-electron chi connectivity index (χ0n) is 19.5. The molecule has 0 radical (unpaired) electrons. The number of sulfonamides is 1. The normalized spacial score (nSPS) is 20.0. The number of benzene rings is 2. The highest BCUT2D eigenvalue weighted by Crippen LogP contribution is 2.28. The monoisotopic (exact) mass is 470 g/mol. The predicted octanol–water partition coefficient (Wildman–Crippen LogP) is 4.24. The van der Waals surface area contributed by atoms with Gasteiger partial charge in [-0.15, -0.1) is 0 Å². The molecule has 4 rings (SSSR count). The summed E-state index contributed by atoms with van der Waals surface area (Å²) in [4.78, 5) is 13.4. The molecular weight excluding hydrogens is 436 g/mol. The Morgan fingerprint density at radius 1 is 1.09 bits per heavy atom. The lowest BCUT2D eigenvalue weighted by Crippen LogP contribution is -2.46. The number of piperidine rings is 1. The lowest BCUT2D eigenvalue weighted by molar-refractivity contribution is -0.126. The van der Waals surface area contributed by atoms with E-state index in [1.807, 2.05) is 0 Å².